The predicted octanol–water partition coefficient (Wildman–Crippen LogP) is 6.52. The molecule has 0 spiro atoms. The number of fused-ring (bicyclic) bond motifs is 1. The van der Waals surface area contributed by atoms with E-state index in [1.165, 1.54) is 23.3 Å². The van der Waals surface area contributed by atoms with Gasteiger partial charge in [0.15, 0.2) is 11.5 Å². The van der Waals surface area contributed by atoms with Crippen molar-refractivity contribution >= 4 is 5.97 Å². The van der Waals surface area contributed by atoms with E-state index in [4.69, 9.17) is 18.9 Å². The summed E-state index contributed by atoms with van der Waals surface area (Å²) in [5.41, 5.74) is 3.57. The Morgan fingerprint density at radius 3 is 2.11 bits per heavy atom. The smallest absolute Gasteiger partial charge is 0.342 e. The summed E-state index contributed by atoms with van der Waals surface area (Å²) >= 11 is 0. The molecule has 0 unspecified atom stereocenters. The lowest BCUT2D eigenvalue weighted by Crippen LogP contribution is -2.33. The van der Waals surface area contributed by atoms with Crippen LogP contribution in [0.25, 0.3) is 0 Å². The second-order valence-corrected chi connectivity index (χ2v) is 10.5. The quantitative estimate of drug-likeness (QED) is 0.286. The molecule has 1 N–H and O–H groups in total. The molecule has 0 saturated heterocycles. The summed E-state index contributed by atoms with van der Waals surface area (Å²) in [7, 11) is 1.63. The first kappa shape index (κ1) is 25.4. The first-order valence-corrected chi connectivity index (χ1v) is 12.1. The SMILES string of the molecule is COc1cc2c(cc1OCOc1ccc(C(=O)OCc3ccccc3)c(O)c1)C(C)(C)CCC2(C)C. The Labute approximate surface area is 212 Å². The van der Waals surface area contributed by atoms with E-state index in [0.29, 0.717) is 17.2 Å². The van der Waals surface area contributed by atoms with E-state index in [9.17, 15) is 9.90 Å². The first-order valence-electron chi connectivity index (χ1n) is 12.1. The van der Waals surface area contributed by atoms with Crippen LogP contribution in [0.4, 0.5) is 0 Å². The fourth-order valence-electron chi connectivity index (χ4n) is 4.58. The van der Waals surface area contributed by atoms with Crippen molar-refractivity contribution in [3.63, 3.8) is 0 Å². The number of aromatic hydroxyl groups is 1. The van der Waals surface area contributed by atoms with Crippen molar-refractivity contribution in [3.8, 4) is 23.0 Å². The summed E-state index contributed by atoms with van der Waals surface area (Å²) in [5.74, 6) is 0.796. The third-order valence-electron chi connectivity index (χ3n) is 6.98. The molecule has 0 bridgehead atoms. The molecule has 0 radical (unpaired) electrons. The topological polar surface area (TPSA) is 74.2 Å². The minimum absolute atomic E-state index is 0.0346. The molecule has 0 atom stereocenters. The number of carbonyl (C=O) groups is 1. The maximum Gasteiger partial charge on any atom is 0.342 e. The number of hydrogen-bond donors (Lipinski definition) is 1. The first-order chi connectivity index (χ1) is 17.1. The van der Waals surface area contributed by atoms with Crippen molar-refractivity contribution in [1.29, 1.82) is 0 Å². The molecule has 0 amide bonds. The predicted molar refractivity (Wildman–Crippen MR) is 138 cm³/mol. The van der Waals surface area contributed by atoms with Crippen LogP contribution in [0, 0.1) is 0 Å². The van der Waals surface area contributed by atoms with Gasteiger partial charge in [-0.3, -0.25) is 0 Å². The van der Waals surface area contributed by atoms with Crippen molar-refractivity contribution in [3.05, 3.63) is 82.9 Å². The van der Waals surface area contributed by atoms with Crippen LogP contribution in [-0.4, -0.2) is 25.0 Å². The Kier molecular flexibility index (Phi) is 7.16. The number of carbonyl (C=O) groups excluding carboxylic acids is 1. The zero-order valence-corrected chi connectivity index (χ0v) is 21.6. The van der Waals surface area contributed by atoms with Gasteiger partial charge in [0.05, 0.1) is 7.11 Å². The number of benzene rings is 3. The Hall–Kier alpha value is -3.67. The normalized spacial score (nSPS) is 15.5. The molecule has 0 fully saturated rings. The fraction of sp³-hybridized carbons (Fsp3) is 0.367. The van der Waals surface area contributed by atoms with Crippen LogP contribution in [0.3, 0.4) is 0 Å². The van der Waals surface area contributed by atoms with Gasteiger partial charge in [0.2, 0.25) is 6.79 Å². The Morgan fingerprint density at radius 1 is 0.861 bits per heavy atom. The van der Waals surface area contributed by atoms with E-state index in [2.05, 4.69) is 39.8 Å². The van der Waals surface area contributed by atoms with Gasteiger partial charge in [-0.05, 0) is 64.6 Å². The zero-order valence-electron chi connectivity index (χ0n) is 21.6. The van der Waals surface area contributed by atoms with Gasteiger partial charge in [-0.2, -0.15) is 0 Å². The third kappa shape index (κ3) is 5.43. The molecule has 6 nitrogen and oxygen atoms in total. The second kappa shape index (κ2) is 10.1. The number of rotatable bonds is 8. The largest absolute Gasteiger partial charge is 0.507 e. The van der Waals surface area contributed by atoms with Crippen LogP contribution in [-0.2, 0) is 22.2 Å². The lowest BCUT2D eigenvalue weighted by atomic mass is 9.63. The van der Waals surface area contributed by atoms with Crippen molar-refractivity contribution in [1.82, 2.24) is 0 Å². The van der Waals surface area contributed by atoms with Crippen molar-refractivity contribution in [2.75, 3.05) is 13.9 Å². The van der Waals surface area contributed by atoms with Gasteiger partial charge in [0.25, 0.3) is 0 Å². The second-order valence-electron chi connectivity index (χ2n) is 10.5. The molecule has 0 aliphatic heterocycles. The molecular formula is C30H34O6. The molecule has 3 aromatic carbocycles. The van der Waals surface area contributed by atoms with Gasteiger partial charge in [-0.15, -0.1) is 0 Å². The van der Waals surface area contributed by atoms with Gasteiger partial charge in [0.1, 0.15) is 23.7 Å². The molecule has 0 heterocycles. The summed E-state index contributed by atoms with van der Waals surface area (Å²) in [4.78, 5) is 12.4. The molecule has 1 aliphatic carbocycles. The number of ether oxygens (including phenoxy) is 4. The highest BCUT2D eigenvalue weighted by Gasteiger charge is 2.38. The van der Waals surface area contributed by atoms with Gasteiger partial charge in [-0.25, -0.2) is 4.79 Å². The van der Waals surface area contributed by atoms with E-state index in [1.807, 2.05) is 30.3 Å². The van der Waals surface area contributed by atoms with E-state index < -0.39 is 5.97 Å². The van der Waals surface area contributed by atoms with Crippen molar-refractivity contribution in [2.45, 2.75) is 58.0 Å². The Morgan fingerprint density at radius 2 is 1.50 bits per heavy atom. The maximum atomic E-state index is 12.4. The highest BCUT2D eigenvalue weighted by atomic mass is 16.7. The van der Waals surface area contributed by atoms with Crippen LogP contribution < -0.4 is 14.2 Å². The maximum absolute atomic E-state index is 12.4. The summed E-state index contributed by atoms with van der Waals surface area (Å²) in [6.45, 7) is 9.07. The molecule has 6 heteroatoms. The van der Waals surface area contributed by atoms with Crippen LogP contribution >= 0.6 is 0 Å². The highest BCUT2D eigenvalue weighted by Crippen LogP contribution is 2.49. The molecule has 1 aliphatic rings. The summed E-state index contributed by atoms with van der Waals surface area (Å²) < 4.78 is 22.6. The van der Waals surface area contributed by atoms with Gasteiger partial charge in [-0.1, -0.05) is 58.0 Å². The highest BCUT2D eigenvalue weighted by molar-refractivity contribution is 5.92. The molecule has 4 rings (SSSR count). The fourth-order valence-corrected chi connectivity index (χ4v) is 4.58. The lowest BCUT2D eigenvalue weighted by molar-refractivity contribution is 0.0469. The van der Waals surface area contributed by atoms with Gasteiger partial charge in [0, 0.05) is 6.07 Å². The number of phenolic OH excluding ortho intramolecular Hbond substituents is 1. The zero-order chi connectivity index (χ0) is 25.9. The summed E-state index contributed by atoms with van der Waals surface area (Å²) in [6, 6.07) is 17.9. The Bertz CT molecular complexity index is 1230. The van der Waals surface area contributed by atoms with Crippen LogP contribution in [0.5, 0.6) is 23.0 Å². The minimum Gasteiger partial charge on any atom is -0.507 e. The molecule has 3 aromatic rings. The number of methoxy groups -OCH3 is 1. The van der Waals surface area contributed by atoms with E-state index in [-0.39, 0.29) is 35.5 Å². The van der Waals surface area contributed by atoms with Crippen LogP contribution in [0.2, 0.25) is 0 Å². The molecule has 0 saturated carbocycles. The monoisotopic (exact) mass is 490 g/mol. The van der Waals surface area contributed by atoms with Crippen molar-refractivity contribution < 1.29 is 28.8 Å². The average molecular weight is 491 g/mol. The molecule has 36 heavy (non-hydrogen) atoms. The molecule has 190 valence electrons. The Balaban J connectivity index is 1.42. The summed E-state index contributed by atoms with van der Waals surface area (Å²) in [5, 5.41) is 10.4. The number of phenols is 1. The molecule has 0 aromatic heterocycles. The average Bonchev–Trinajstić information content (AvgIpc) is 2.86. The minimum atomic E-state index is -0.608. The number of hydrogen-bond acceptors (Lipinski definition) is 6. The van der Waals surface area contributed by atoms with E-state index in [0.717, 1.165) is 18.4 Å². The van der Waals surface area contributed by atoms with Crippen molar-refractivity contribution in [2.24, 2.45) is 0 Å². The van der Waals surface area contributed by atoms with E-state index in [1.54, 1.807) is 13.2 Å². The van der Waals surface area contributed by atoms with Gasteiger partial charge >= 0.3 is 5.97 Å². The van der Waals surface area contributed by atoms with E-state index >= 15 is 0 Å². The standard InChI is InChI=1S/C30H34O6/c1-29(2)13-14-30(3,4)24-17-27(26(33-5)16-23(24)29)36-19-35-21-11-12-22(25(31)15-21)28(32)34-18-20-9-7-6-8-10-20/h6-12,15-17,31H,13-14,18-19H2,1-5H3. The van der Waals surface area contributed by atoms with Gasteiger partial charge < -0.3 is 24.1 Å². The lowest BCUT2D eigenvalue weighted by Gasteiger charge is -2.42. The third-order valence-corrected chi connectivity index (χ3v) is 6.98. The van der Waals surface area contributed by atoms with Crippen LogP contribution in [0.15, 0.2) is 60.7 Å². The summed E-state index contributed by atoms with van der Waals surface area (Å²) in [6.07, 6.45) is 2.20. The number of esters is 1. The molecular weight excluding hydrogens is 456 g/mol. The van der Waals surface area contributed by atoms with Crippen LogP contribution in [0.1, 0.15) is 67.6 Å².